The number of aromatic hydroxyl groups is 1. The van der Waals surface area contributed by atoms with Crippen LogP contribution in [0.2, 0.25) is 5.02 Å². The third kappa shape index (κ3) is 2.62. The summed E-state index contributed by atoms with van der Waals surface area (Å²) in [6.07, 6.45) is 0. The van der Waals surface area contributed by atoms with Gasteiger partial charge in [-0.3, -0.25) is 0 Å². The maximum absolute atomic E-state index is 9.49. The fourth-order valence-electron chi connectivity index (χ4n) is 1.80. The first-order chi connectivity index (χ1) is 9.22. The van der Waals surface area contributed by atoms with Crippen molar-refractivity contribution in [1.29, 1.82) is 0 Å². The lowest BCUT2D eigenvalue weighted by molar-refractivity contribution is 0.475. The minimum absolute atomic E-state index is 0.251. The van der Waals surface area contributed by atoms with Crippen molar-refractivity contribution in [3.05, 3.63) is 58.9 Å². The molecule has 0 unspecified atom stereocenters. The molecule has 3 rings (SSSR count). The second-order valence-corrected chi connectivity index (χ2v) is 5.39. The molecule has 0 radical (unpaired) electrons. The zero-order valence-electron chi connectivity index (χ0n) is 9.88. The number of halogens is 1. The Morgan fingerprint density at radius 1 is 1.00 bits per heavy atom. The number of hydrogen-bond donors (Lipinski definition) is 1. The largest absolute Gasteiger partial charge is 0.508 e. The Labute approximate surface area is 120 Å². The van der Waals surface area contributed by atoms with Gasteiger partial charge in [0.15, 0.2) is 0 Å². The van der Waals surface area contributed by atoms with Gasteiger partial charge in [-0.15, -0.1) is 11.3 Å². The predicted octanol–water partition coefficient (Wildman–Crippen LogP) is 4.84. The molecule has 3 aromatic rings. The minimum atomic E-state index is 0.251. The molecule has 0 fully saturated rings. The average molecular weight is 288 g/mol. The van der Waals surface area contributed by atoms with E-state index in [4.69, 9.17) is 11.6 Å². The van der Waals surface area contributed by atoms with E-state index in [-0.39, 0.29) is 5.75 Å². The molecule has 2 aromatic carbocycles. The Morgan fingerprint density at radius 3 is 2.53 bits per heavy atom. The van der Waals surface area contributed by atoms with Crippen molar-refractivity contribution >= 4 is 22.9 Å². The van der Waals surface area contributed by atoms with Crippen LogP contribution in [-0.2, 0) is 0 Å². The highest BCUT2D eigenvalue weighted by atomic mass is 35.5. The Kier molecular flexibility index (Phi) is 3.23. The molecule has 1 heterocycles. The summed E-state index contributed by atoms with van der Waals surface area (Å²) in [5, 5.41) is 13.1. The molecule has 0 bridgehead atoms. The summed E-state index contributed by atoms with van der Waals surface area (Å²) in [7, 11) is 0. The number of thiazole rings is 1. The summed E-state index contributed by atoms with van der Waals surface area (Å²) in [4.78, 5) is 4.59. The van der Waals surface area contributed by atoms with E-state index in [2.05, 4.69) is 4.98 Å². The molecular weight excluding hydrogens is 278 g/mol. The smallest absolute Gasteiger partial charge is 0.124 e. The maximum Gasteiger partial charge on any atom is 0.124 e. The highest BCUT2D eigenvalue weighted by Crippen LogP contribution is 2.30. The fourth-order valence-corrected chi connectivity index (χ4v) is 2.75. The third-order valence-corrected chi connectivity index (χ3v) is 3.88. The molecule has 0 amide bonds. The standard InChI is InChI=1S/C15H10ClNOS/c16-12-6-4-10(5-7-12)14-9-19-15(17-14)11-2-1-3-13(18)8-11/h1-9,18H. The van der Waals surface area contributed by atoms with Crippen LogP contribution in [0.15, 0.2) is 53.9 Å². The molecule has 0 aliphatic carbocycles. The Bertz CT molecular complexity index is 706. The number of hydrogen-bond acceptors (Lipinski definition) is 3. The molecule has 1 N–H and O–H groups in total. The van der Waals surface area contributed by atoms with E-state index in [1.54, 1.807) is 23.5 Å². The monoisotopic (exact) mass is 287 g/mol. The van der Waals surface area contributed by atoms with Crippen LogP contribution < -0.4 is 0 Å². The molecule has 2 nitrogen and oxygen atoms in total. The van der Waals surface area contributed by atoms with Gasteiger partial charge in [-0.05, 0) is 24.3 Å². The van der Waals surface area contributed by atoms with Crippen molar-refractivity contribution < 1.29 is 5.11 Å². The molecule has 0 aliphatic heterocycles. The first kappa shape index (κ1) is 12.2. The highest BCUT2D eigenvalue weighted by molar-refractivity contribution is 7.13. The predicted molar refractivity (Wildman–Crippen MR) is 79.7 cm³/mol. The quantitative estimate of drug-likeness (QED) is 0.732. The van der Waals surface area contributed by atoms with Crippen molar-refractivity contribution in [2.24, 2.45) is 0 Å². The van der Waals surface area contributed by atoms with Gasteiger partial charge < -0.3 is 5.11 Å². The summed E-state index contributed by atoms with van der Waals surface area (Å²) in [5.41, 5.74) is 2.87. The average Bonchev–Trinajstić information content (AvgIpc) is 2.89. The lowest BCUT2D eigenvalue weighted by Gasteiger charge is -1.98. The number of benzene rings is 2. The first-order valence-corrected chi connectivity index (χ1v) is 6.99. The molecule has 19 heavy (non-hydrogen) atoms. The summed E-state index contributed by atoms with van der Waals surface area (Å²) in [6, 6.07) is 14.7. The number of aromatic nitrogens is 1. The maximum atomic E-state index is 9.49. The van der Waals surface area contributed by atoms with E-state index >= 15 is 0 Å². The van der Waals surface area contributed by atoms with Crippen LogP contribution in [0.1, 0.15) is 0 Å². The van der Waals surface area contributed by atoms with E-state index < -0.39 is 0 Å². The van der Waals surface area contributed by atoms with Crippen LogP contribution in [-0.4, -0.2) is 10.1 Å². The van der Waals surface area contributed by atoms with Gasteiger partial charge in [0, 0.05) is 21.5 Å². The summed E-state index contributed by atoms with van der Waals surface area (Å²) in [6.45, 7) is 0. The molecular formula is C15H10ClNOS. The second-order valence-electron chi connectivity index (χ2n) is 4.10. The normalized spacial score (nSPS) is 10.6. The van der Waals surface area contributed by atoms with Crippen molar-refractivity contribution in [1.82, 2.24) is 4.98 Å². The molecule has 94 valence electrons. The fraction of sp³-hybridized carbons (Fsp3) is 0. The number of rotatable bonds is 2. The minimum Gasteiger partial charge on any atom is -0.508 e. The van der Waals surface area contributed by atoms with Gasteiger partial charge in [0.2, 0.25) is 0 Å². The first-order valence-electron chi connectivity index (χ1n) is 5.73. The van der Waals surface area contributed by atoms with Gasteiger partial charge in [-0.1, -0.05) is 35.9 Å². The Hall–Kier alpha value is -1.84. The summed E-state index contributed by atoms with van der Waals surface area (Å²) < 4.78 is 0. The lowest BCUT2D eigenvalue weighted by atomic mass is 10.2. The van der Waals surface area contributed by atoms with Crippen LogP contribution in [0.3, 0.4) is 0 Å². The number of phenols is 1. The van der Waals surface area contributed by atoms with Gasteiger partial charge in [0.25, 0.3) is 0 Å². The van der Waals surface area contributed by atoms with Gasteiger partial charge in [-0.2, -0.15) is 0 Å². The van der Waals surface area contributed by atoms with Crippen LogP contribution >= 0.6 is 22.9 Å². The molecule has 0 aliphatic rings. The van der Waals surface area contributed by atoms with Crippen LogP contribution in [0.4, 0.5) is 0 Å². The van der Waals surface area contributed by atoms with Gasteiger partial charge in [0.1, 0.15) is 10.8 Å². The molecule has 0 saturated carbocycles. The third-order valence-electron chi connectivity index (χ3n) is 2.74. The van der Waals surface area contributed by atoms with E-state index in [9.17, 15) is 5.11 Å². The van der Waals surface area contributed by atoms with Crippen molar-refractivity contribution in [2.75, 3.05) is 0 Å². The summed E-state index contributed by atoms with van der Waals surface area (Å²) >= 11 is 7.43. The van der Waals surface area contributed by atoms with Crippen LogP contribution in [0.5, 0.6) is 5.75 Å². The molecule has 0 saturated heterocycles. The van der Waals surface area contributed by atoms with Gasteiger partial charge in [0.05, 0.1) is 5.69 Å². The lowest BCUT2D eigenvalue weighted by Crippen LogP contribution is -1.79. The number of phenolic OH excluding ortho intramolecular Hbond substituents is 1. The summed E-state index contributed by atoms with van der Waals surface area (Å²) in [5.74, 6) is 0.251. The van der Waals surface area contributed by atoms with E-state index in [0.29, 0.717) is 5.02 Å². The van der Waals surface area contributed by atoms with Gasteiger partial charge >= 0.3 is 0 Å². The van der Waals surface area contributed by atoms with Crippen LogP contribution in [0, 0.1) is 0 Å². The van der Waals surface area contributed by atoms with Gasteiger partial charge in [-0.25, -0.2) is 4.98 Å². The SMILES string of the molecule is Oc1cccc(-c2nc(-c3ccc(Cl)cc3)cs2)c1. The van der Waals surface area contributed by atoms with E-state index in [0.717, 1.165) is 21.8 Å². The van der Waals surface area contributed by atoms with E-state index in [1.165, 1.54) is 0 Å². The number of nitrogens with zero attached hydrogens (tertiary/aromatic N) is 1. The highest BCUT2D eigenvalue weighted by Gasteiger charge is 2.07. The molecule has 0 atom stereocenters. The molecule has 1 aromatic heterocycles. The zero-order valence-corrected chi connectivity index (χ0v) is 11.4. The Balaban J connectivity index is 1.97. The second kappa shape index (κ2) is 5.03. The molecule has 4 heteroatoms. The molecule has 0 spiro atoms. The Morgan fingerprint density at radius 2 is 1.79 bits per heavy atom. The van der Waals surface area contributed by atoms with Crippen molar-refractivity contribution in [3.63, 3.8) is 0 Å². The van der Waals surface area contributed by atoms with Crippen molar-refractivity contribution in [3.8, 4) is 27.6 Å². The van der Waals surface area contributed by atoms with Crippen molar-refractivity contribution in [2.45, 2.75) is 0 Å². The van der Waals surface area contributed by atoms with Crippen LogP contribution in [0.25, 0.3) is 21.8 Å². The zero-order chi connectivity index (χ0) is 13.2. The van der Waals surface area contributed by atoms with E-state index in [1.807, 2.05) is 41.8 Å². The topological polar surface area (TPSA) is 33.1 Å².